The van der Waals surface area contributed by atoms with Crippen LogP contribution < -0.4 is 22.1 Å². The molecule has 0 saturated heterocycles. The molecule has 1 atom stereocenters. The molecule has 7 nitrogen and oxygen atoms in total. The van der Waals surface area contributed by atoms with Gasteiger partial charge in [-0.15, -0.1) is 0 Å². The Morgan fingerprint density at radius 3 is 2.56 bits per heavy atom. The lowest BCUT2D eigenvalue weighted by Crippen LogP contribution is -2.24. The number of fused-ring (bicyclic) bond motifs is 1. The molecule has 2 aromatic carbocycles. The van der Waals surface area contributed by atoms with Gasteiger partial charge in [0.2, 0.25) is 0 Å². The van der Waals surface area contributed by atoms with Crippen molar-refractivity contribution in [1.82, 2.24) is 25.2 Å². The first-order valence-electron chi connectivity index (χ1n) is 12.8. The molecular weight excluding hydrogens is 525 g/mol. The van der Waals surface area contributed by atoms with Gasteiger partial charge in [0, 0.05) is 47.8 Å². The summed E-state index contributed by atoms with van der Waals surface area (Å²) >= 11 is -0.135. The Bertz CT molecular complexity index is 1450. The Morgan fingerprint density at radius 1 is 1.10 bits per heavy atom. The lowest BCUT2D eigenvalue weighted by molar-refractivity contribution is -0.0328. The quantitative estimate of drug-likeness (QED) is 0.145. The van der Waals surface area contributed by atoms with E-state index >= 15 is 0 Å². The fraction of sp³-hybridized carbons (Fsp3) is 0.357. The number of halogens is 3. The first-order chi connectivity index (χ1) is 18.6. The lowest BCUT2D eigenvalue weighted by Gasteiger charge is -2.11. The minimum absolute atomic E-state index is 0.0289. The van der Waals surface area contributed by atoms with E-state index in [0.717, 1.165) is 37.1 Å². The second kappa shape index (κ2) is 12.8. The summed E-state index contributed by atoms with van der Waals surface area (Å²) in [5, 5.41) is 7.09. The van der Waals surface area contributed by atoms with Crippen LogP contribution >= 0.6 is 11.8 Å². The third-order valence-electron chi connectivity index (χ3n) is 6.24. The molecule has 0 fully saturated rings. The molecule has 0 bridgehead atoms. The number of H-pyrrole nitrogens is 1. The molecule has 11 heteroatoms. The summed E-state index contributed by atoms with van der Waals surface area (Å²) in [6.45, 7) is 4.35. The minimum atomic E-state index is -4.40. The highest BCUT2D eigenvalue weighted by atomic mass is 32.2. The maximum atomic E-state index is 13.2. The Balaban J connectivity index is 1.62. The number of nitrogens with two attached hydrogens (primary N) is 1. The average molecular weight is 559 g/mol. The van der Waals surface area contributed by atoms with Gasteiger partial charge in [-0.05, 0) is 98.1 Å². The summed E-state index contributed by atoms with van der Waals surface area (Å²) in [6.07, 6.45) is 3.87. The number of nitrogens with one attached hydrogen (secondary N) is 3. The van der Waals surface area contributed by atoms with Gasteiger partial charge >= 0.3 is 11.2 Å². The van der Waals surface area contributed by atoms with Crippen LogP contribution in [0.2, 0.25) is 0 Å². The fourth-order valence-electron chi connectivity index (χ4n) is 4.34. The van der Waals surface area contributed by atoms with Gasteiger partial charge in [0.1, 0.15) is 5.65 Å². The topological polar surface area (TPSA) is 101 Å². The number of aromatic nitrogens is 3. The monoisotopic (exact) mass is 558 g/mol. The van der Waals surface area contributed by atoms with Crippen LogP contribution in [0.25, 0.3) is 28.0 Å². The maximum absolute atomic E-state index is 13.2. The second-order valence-electron chi connectivity index (χ2n) is 9.61. The number of hydrogen-bond acceptors (Lipinski definition) is 6. The molecule has 0 saturated carbocycles. The highest BCUT2D eigenvalue weighted by Crippen LogP contribution is 2.39. The van der Waals surface area contributed by atoms with Crippen molar-refractivity contribution in [3.05, 3.63) is 76.3 Å². The summed E-state index contributed by atoms with van der Waals surface area (Å²) in [7, 11) is 1.90. The number of likely N-dealkylation sites (N-methyl/N-ethyl adjacent to an activating group) is 1. The highest BCUT2D eigenvalue weighted by molar-refractivity contribution is 8.00. The zero-order valence-electron chi connectivity index (χ0n) is 21.9. The zero-order chi connectivity index (χ0) is 28.0. The van der Waals surface area contributed by atoms with E-state index in [4.69, 9.17) is 5.73 Å². The van der Waals surface area contributed by atoms with Gasteiger partial charge < -0.3 is 21.4 Å². The summed E-state index contributed by atoms with van der Waals surface area (Å²) < 4.78 is 41.0. The normalized spacial score (nSPS) is 12.8. The summed E-state index contributed by atoms with van der Waals surface area (Å²) in [5.41, 5.74) is 5.13. The molecule has 39 heavy (non-hydrogen) atoms. The lowest BCUT2D eigenvalue weighted by atomic mass is 10.0. The SMILES string of the molecule is CNCCNCc1ccc(-n2cc3cc(-c4cc(CCC[C@H](C)N)cc(SC(F)(F)F)c4)[nH]c3nc2=O)cc1. The zero-order valence-corrected chi connectivity index (χ0v) is 22.8. The first-order valence-corrected chi connectivity index (χ1v) is 13.7. The van der Waals surface area contributed by atoms with E-state index in [1.807, 2.05) is 44.3 Å². The fourth-order valence-corrected chi connectivity index (χ4v) is 5.00. The van der Waals surface area contributed by atoms with Crippen molar-refractivity contribution in [3.63, 3.8) is 0 Å². The van der Waals surface area contributed by atoms with Crippen LogP contribution in [0.3, 0.4) is 0 Å². The molecule has 0 unspecified atom stereocenters. The molecular formula is C28H33F3N6OS. The number of aryl methyl sites for hydroxylation is 1. The van der Waals surface area contributed by atoms with Gasteiger partial charge in [0.25, 0.3) is 0 Å². The summed E-state index contributed by atoms with van der Waals surface area (Å²) in [4.78, 5) is 20.2. The van der Waals surface area contributed by atoms with Crippen LogP contribution in [0, 0.1) is 0 Å². The van der Waals surface area contributed by atoms with Crippen molar-refractivity contribution in [2.75, 3.05) is 20.1 Å². The van der Waals surface area contributed by atoms with Crippen LogP contribution in [0.15, 0.2) is 64.4 Å². The van der Waals surface area contributed by atoms with Crippen LogP contribution in [0.5, 0.6) is 0 Å². The molecule has 0 spiro atoms. The van der Waals surface area contributed by atoms with E-state index < -0.39 is 11.2 Å². The van der Waals surface area contributed by atoms with E-state index in [9.17, 15) is 18.0 Å². The molecule has 5 N–H and O–H groups in total. The predicted octanol–water partition coefficient (Wildman–Crippen LogP) is 4.97. The Morgan fingerprint density at radius 2 is 1.87 bits per heavy atom. The van der Waals surface area contributed by atoms with Crippen molar-refractivity contribution >= 4 is 22.8 Å². The molecule has 0 aliphatic rings. The van der Waals surface area contributed by atoms with Gasteiger partial charge in [-0.3, -0.25) is 4.57 Å². The standard InChI is InChI=1S/C28H33F3N6OS/c1-18(32)4-3-5-20-12-21(14-24(13-20)39-28(29,30)31)25-15-22-17-37(27(38)36-26(22)35-25)23-8-6-19(7-9-23)16-34-11-10-33-2/h6-9,12-15,17-18,33-34H,3-5,10-11,16,32H2,1-2H3,(H,35,36,38)/t18-/m0/s1. The molecule has 0 aliphatic carbocycles. The largest absolute Gasteiger partial charge is 0.446 e. The predicted molar refractivity (Wildman–Crippen MR) is 151 cm³/mol. The number of alkyl halides is 3. The van der Waals surface area contributed by atoms with E-state index in [2.05, 4.69) is 20.6 Å². The number of benzene rings is 2. The van der Waals surface area contributed by atoms with Crippen molar-refractivity contribution in [3.8, 4) is 16.9 Å². The average Bonchev–Trinajstić information content (AvgIpc) is 3.28. The highest BCUT2D eigenvalue weighted by Gasteiger charge is 2.29. The third-order valence-corrected chi connectivity index (χ3v) is 6.94. The number of rotatable bonds is 12. The van der Waals surface area contributed by atoms with Crippen molar-refractivity contribution in [2.45, 2.75) is 49.2 Å². The molecule has 2 heterocycles. The molecule has 0 radical (unpaired) electrons. The van der Waals surface area contributed by atoms with E-state index in [1.54, 1.807) is 18.3 Å². The third kappa shape index (κ3) is 8.18. The first kappa shape index (κ1) is 28.9. The Kier molecular flexibility index (Phi) is 9.49. The Labute approximate surface area is 229 Å². The van der Waals surface area contributed by atoms with Crippen LogP contribution in [-0.2, 0) is 13.0 Å². The van der Waals surface area contributed by atoms with Gasteiger partial charge in [-0.2, -0.15) is 18.2 Å². The van der Waals surface area contributed by atoms with Crippen LogP contribution in [0.1, 0.15) is 30.9 Å². The van der Waals surface area contributed by atoms with Crippen LogP contribution in [-0.4, -0.2) is 46.2 Å². The number of nitrogens with zero attached hydrogens (tertiary/aromatic N) is 2. The number of thioether (sulfide) groups is 1. The summed E-state index contributed by atoms with van der Waals surface area (Å²) in [6, 6.07) is 14.4. The summed E-state index contributed by atoms with van der Waals surface area (Å²) in [5.74, 6) is 0. The number of aromatic amines is 1. The van der Waals surface area contributed by atoms with Crippen molar-refractivity contribution in [1.29, 1.82) is 0 Å². The van der Waals surface area contributed by atoms with E-state index in [0.29, 0.717) is 40.9 Å². The van der Waals surface area contributed by atoms with Gasteiger partial charge in [0.05, 0.1) is 5.69 Å². The molecule has 2 aromatic heterocycles. The van der Waals surface area contributed by atoms with Crippen LogP contribution in [0.4, 0.5) is 13.2 Å². The molecule has 4 rings (SSSR count). The molecule has 0 aliphatic heterocycles. The van der Waals surface area contributed by atoms with Gasteiger partial charge in [0.15, 0.2) is 0 Å². The van der Waals surface area contributed by atoms with Gasteiger partial charge in [-0.25, -0.2) is 4.79 Å². The molecule has 208 valence electrons. The van der Waals surface area contributed by atoms with Gasteiger partial charge in [-0.1, -0.05) is 12.1 Å². The molecule has 4 aromatic rings. The van der Waals surface area contributed by atoms with Crippen molar-refractivity contribution < 1.29 is 13.2 Å². The second-order valence-corrected chi connectivity index (χ2v) is 10.7. The van der Waals surface area contributed by atoms with E-state index in [-0.39, 0.29) is 22.7 Å². The minimum Gasteiger partial charge on any atom is -0.339 e. The van der Waals surface area contributed by atoms with Crippen molar-refractivity contribution in [2.24, 2.45) is 5.73 Å². The maximum Gasteiger partial charge on any atom is 0.446 e. The Hall–Kier alpha value is -3.12. The molecule has 0 amide bonds. The smallest absolute Gasteiger partial charge is 0.339 e. The number of hydrogen-bond donors (Lipinski definition) is 4. The van der Waals surface area contributed by atoms with E-state index in [1.165, 1.54) is 10.6 Å².